The van der Waals surface area contributed by atoms with Crippen molar-refractivity contribution >= 4 is 15.9 Å². The Hall–Kier alpha value is -2.66. The summed E-state index contributed by atoms with van der Waals surface area (Å²) in [7, 11) is -0.773. The molecule has 0 unspecified atom stereocenters. The van der Waals surface area contributed by atoms with Gasteiger partial charge in [0.2, 0.25) is 10.0 Å². The zero-order valence-corrected chi connectivity index (χ0v) is 18.3. The van der Waals surface area contributed by atoms with Crippen LogP contribution in [0.15, 0.2) is 29.3 Å². The second-order valence-corrected chi connectivity index (χ2v) is 9.33. The number of aromatic nitrogens is 3. The van der Waals surface area contributed by atoms with Crippen LogP contribution >= 0.6 is 0 Å². The summed E-state index contributed by atoms with van der Waals surface area (Å²) in [5.74, 6) is 0.508. The van der Waals surface area contributed by atoms with E-state index in [2.05, 4.69) is 15.6 Å². The Kier molecular flexibility index (Phi) is 6.61. The van der Waals surface area contributed by atoms with Gasteiger partial charge in [-0.3, -0.25) is 4.79 Å². The molecule has 11 heteroatoms. The van der Waals surface area contributed by atoms with Crippen molar-refractivity contribution in [3.05, 3.63) is 30.1 Å². The third-order valence-electron chi connectivity index (χ3n) is 4.89. The Morgan fingerprint density at radius 2 is 1.97 bits per heavy atom. The summed E-state index contributed by atoms with van der Waals surface area (Å²) in [6.07, 6.45) is 2.98. The third kappa shape index (κ3) is 4.57. The van der Waals surface area contributed by atoms with Gasteiger partial charge in [0, 0.05) is 25.2 Å². The summed E-state index contributed by atoms with van der Waals surface area (Å²) in [6.45, 7) is 4.37. The smallest absolute Gasteiger partial charge is 0.273 e. The van der Waals surface area contributed by atoms with E-state index < -0.39 is 10.0 Å². The first-order chi connectivity index (χ1) is 14.3. The molecule has 0 spiro atoms. The van der Waals surface area contributed by atoms with Gasteiger partial charge >= 0.3 is 0 Å². The molecule has 1 aliphatic heterocycles. The van der Waals surface area contributed by atoms with Crippen LogP contribution in [0.4, 0.5) is 0 Å². The number of carbonyl (C=O) groups excluding carboxylic acids is 1. The summed E-state index contributed by atoms with van der Waals surface area (Å²) >= 11 is 0. The van der Waals surface area contributed by atoms with E-state index in [1.54, 1.807) is 16.9 Å². The van der Waals surface area contributed by atoms with Crippen LogP contribution in [0.5, 0.6) is 11.5 Å². The molecular weight excluding hydrogens is 410 g/mol. The molecule has 1 atom stereocenters. The van der Waals surface area contributed by atoms with E-state index in [4.69, 9.17) is 9.47 Å². The van der Waals surface area contributed by atoms with Crippen LogP contribution < -0.4 is 14.8 Å². The van der Waals surface area contributed by atoms with Crippen molar-refractivity contribution < 1.29 is 22.7 Å². The van der Waals surface area contributed by atoms with Crippen LogP contribution in [0.25, 0.3) is 0 Å². The Morgan fingerprint density at radius 1 is 1.23 bits per heavy atom. The predicted octanol–water partition coefficient (Wildman–Crippen LogP) is 1.46. The summed E-state index contributed by atoms with van der Waals surface area (Å²) in [5, 5.41) is 10.8. The van der Waals surface area contributed by atoms with Gasteiger partial charge in [-0.05, 0) is 38.8 Å². The van der Waals surface area contributed by atoms with Crippen LogP contribution in [0.3, 0.4) is 0 Å². The van der Waals surface area contributed by atoms with Gasteiger partial charge < -0.3 is 14.8 Å². The molecule has 164 valence electrons. The summed E-state index contributed by atoms with van der Waals surface area (Å²) in [4.78, 5) is 12.3. The normalized spacial score (nSPS) is 17.7. The molecule has 30 heavy (non-hydrogen) atoms. The molecule has 2 heterocycles. The van der Waals surface area contributed by atoms with Gasteiger partial charge in [0.25, 0.3) is 5.91 Å². The minimum absolute atomic E-state index is 0.0144. The van der Waals surface area contributed by atoms with E-state index in [0.717, 1.165) is 6.42 Å². The standard InChI is InChI=1S/C19H27N5O5S/c1-13(2)20-19(25)16-12-24(22-21-16)14-6-5-9-23(11-14)30(26,27)15-7-8-17(28-3)18(10-15)29-4/h7-8,10,12-14H,5-6,9,11H2,1-4H3,(H,20,25)/t14-/m1/s1. The number of nitrogens with zero attached hydrogens (tertiary/aromatic N) is 4. The molecule has 1 aliphatic rings. The highest BCUT2D eigenvalue weighted by Gasteiger charge is 2.32. The zero-order valence-electron chi connectivity index (χ0n) is 17.5. The minimum Gasteiger partial charge on any atom is -0.493 e. The molecule has 0 bridgehead atoms. The lowest BCUT2D eigenvalue weighted by molar-refractivity contribution is 0.0938. The van der Waals surface area contributed by atoms with Gasteiger partial charge in [0.05, 0.1) is 31.4 Å². The average Bonchev–Trinajstić information content (AvgIpc) is 3.23. The number of piperidine rings is 1. The second-order valence-electron chi connectivity index (χ2n) is 7.39. The maximum Gasteiger partial charge on any atom is 0.273 e. The van der Waals surface area contributed by atoms with Crippen molar-refractivity contribution in [1.29, 1.82) is 0 Å². The first-order valence-corrected chi connectivity index (χ1v) is 11.1. The highest BCUT2D eigenvalue weighted by molar-refractivity contribution is 7.89. The van der Waals surface area contributed by atoms with E-state index in [0.29, 0.717) is 24.5 Å². The highest BCUT2D eigenvalue weighted by atomic mass is 32.2. The van der Waals surface area contributed by atoms with E-state index in [1.165, 1.54) is 30.7 Å². The maximum atomic E-state index is 13.2. The second kappa shape index (κ2) is 9.00. The van der Waals surface area contributed by atoms with Crippen LogP contribution in [0.1, 0.15) is 43.2 Å². The first kappa shape index (κ1) is 22.0. The van der Waals surface area contributed by atoms with Crippen molar-refractivity contribution in [1.82, 2.24) is 24.6 Å². The molecule has 1 fully saturated rings. The molecule has 0 saturated carbocycles. The summed E-state index contributed by atoms with van der Waals surface area (Å²) in [5.41, 5.74) is 0.212. The fraction of sp³-hybridized carbons (Fsp3) is 0.526. The molecule has 0 aliphatic carbocycles. The Labute approximate surface area is 176 Å². The number of benzene rings is 1. The summed E-state index contributed by atoms with van der Waals surface area (Å²) < 4.78 is 39.8. The molecule has 1 aromatic heterocycles. The zero-order chi connectivity index (χ0) is 21.9. The monoisotopic (exact) mass is 437 g/mol. The molecular formula is C19H27N5O5S. The largest absolute Gasteiger partial charge is 0.493 e. The van der Waals surface area contributed by atoms with Crippen LogP contribution in [0, 0.1) is 0 Å². The van der Waals surface area contributed by atoms with Crippen molar-refractivity contribution in [3.63, 3.8) is 0 Å². The molecule has 1 saturated heterocycles. The Balaban J connectivity index is 1.79. The number of nitrogens with one attached hydrogen (secondary N) is 1. The number of hydrogen-bond donors (Lipinski definition) is 1. The van der Waals surface area contributed by atoms with Crippen molar-refractivity contribution in [2.24, 2.45) is 0 Å². The van der Waals surface area contributed by atoms with Gasteiger partial charge in [-0.25, -0.2) is 13.1 Å². The topological polar surface area (TPSA) is 116 Å². The Bertz CT molecular complexity index is 1000. The number of methoxy groups -OCH3 is 2. The number of hydrogen-bond acceptors (Lipinski definition) is 7. The van der Waals surface area contributed by atoms with Gasteiger partial charge in [-0.1, -0.05) is 5.21 Å². The van der Waals surface area contributed by atoms with Crippen LogP contribution in [0.2, 0.25) is 0 Å². The number of rotatable bonds is 7. The highest BCUT2D eigenvalue weighted by Crippen LogP contribution is 2.32. The predicted molar refractivity (Wildman–Crippen MR) is 109 cm³/mol. The van der Waals surface area contributed by atoms with Crippen LogP contribution in [-0.2, 0) is 10.0 Å². The maximum absolute atomic E-state index is 13.2. The fourth-order valence-corrected chi connectivity index (χ4v) is 4.91. The number of ether oxygens (including phenoxy) is 2. The van der Waals surface area contributed by atoms with Crippen molar-refractivity contribution in [3.8, 4) is 11.5 Å². The van der Waals surface area contributed by atoms with Gasteiger partial charge in [0.1, 0.15) is 0 Å². The number of carbonyl (C=O) groups is 1. The van der Waals surface area contributed by atoms with E-state index in [-0.39, 0.29) is 35.1 Å². The molecule has 0 radical (unpaired) electrons. The molecule has 10 nitrogen and oxygen atoms in total. The molecule has 3 rings (SSSR count). The van der Waals surface area contributed by atoms with Crippen LogP contribution in [-0.4, -0.2) is 67.0 Å². The third-order valence-corrected chi connectivity index (χ3v) is 6.75. The van der Waals surface area contributed by atoms with Crippen molar-refractivity contribution in [2.75, 3.05) is 27.3 Å². The SMILES string of the molecule is COc1ccc(S(=O)(=O)N2CCC[C@@H](n3cc(C(=O)NC(C)C)nn3)C2)cc1OC. The minimum atomic E-state index is -3.73. The quantitative estimate of drug-likeness (QED) is 0.697. The van der Waals surface area contributed by atoms with E-state index in [9.17, 15) is 13.2 Å². The van der Waals surface area contributed by atoms with Gasteiger partial charge in [-0.15, -0.1) is 5.10 Å². The lowest BCUT2D eigenvalue weighted by atomic mass is 10.1. The number of amides is 1. The van der Waals surface area contributed by atoms with E-state index in [1.807, 2.05) is 13.8 Å². The molecule has 1 N–H and O–H groups in total. The summed E-state index contributed by atoms with van der Waals surface area (Å²) in [6, 6.07) is 4.32. The Morgan fingerprint density at radius 3 is 2.63 bits per heavy atom. The van der Waals surface area contributed by atoms with Gasteiger partial charge in [0.15, 0.2) is 17.2 Å². The molecule has 1 aromatic carbocycles. The van der Waals surface area contributed by atoms with E-state index >= 15 is 0 Å². The molecule has 2 aromatic rings. The van der Waals surface area contributed by atoms with Gasteiger partial charge in [-0.2, -0.15) is 4.31 Å². The average molecular weight is 438 g/mol. The first-order valence-electron chi connectivity index (χ1n) is 9.71. The lowest BCUT2D eigenvalue weighted by Gasteiger charge is -2.31. The van der Waals surface area contributed by atoms with Crippen molar-refractivity contribution in [2.45, 2.75) is 43.7 Å². The lowest BCUT2D eigenvalue weighted by Crippen LogP contribution is -2.40. The fourth-order valence-electron chi connectivity index (χ4n) is 3.38. The number of sulfonamides is 1. The molecule has 1 amide bonds.